The minimum absolute atomic E-state index is 0.147. The molecule has 7 heteroatoms. The number of carboxylic acids is 1. The molecule has 0 aliphatic carbocycles. The standard InChI is InChI=1S/C16H17N3O4/c1-9(6-11-4-3-5-23-11)12-7-13(20)17-16-15(12)10(2)18-19(16)8-14(21)22/h3-6,12H,7-8H2,1-2H3,(H,17,20)(H,21,22)/b9-6+/t12-/m0/s1. The van der Waals surface area contributed by atoms with Crippen LogP contribution in [0, 0.1) is 6.92 Å². The van der Waals surface area contributed by atoms with Gasteiger partial charge in [-0.1, -0.05) is 5.57 Å². The fraction of sp³-hybridized carbons (Fsp3) is 0.312. The summed E-state index contributed by atoms with van der Waals surface area (Å²) in [7, 11) is 0. The van der Waals surface area contributed by atoms with E-state index < -0.39 is 5.97 Å². The van der Waals surface area contributed by atoms with Crippen LogP contribution in [-0.4, -0.2) is 26.8 Å². The number of carbonyl (C=O) groups is 2. The minimum atomic E-state index is -1.01. The van der Waals surface area contributed by atoms with Crippen molar-refractivity contribution in [3.8, 4) is 0 Å². The molecular formula is C16H17N3O4. The molecule has 0 fully saturated rings. The number of aliphatic carboxylic acids is 1. The van der Waals surface area contributed by atoms with Crippen LogP contribution < -0.4 is 5.32 Å². The molecule has 7 nitrogen and oxygen atoms in total. The van der Waals surface area contributed by atoms with Crippen molar-refractivity contribution in [3.05, 3.63) is 41.0 Å². The first-order valence-electron chi connectivity index (χ1n) is 7.26. The molecule has 3 heterocycles. The number of nitrogens with zero attached hydrogens (tertiary/aromatic N) is 2. The SMILES string of the molecule is C/C(=C\c1ccco1)[C@@H]1CC(=O)Nc2c1c(C)nn2CC(=O)O. The lowest BCUT2D eigenvalue weighted by Crippen LogP contribution is -2.26. The predicted octanol–water partition coefficient (Wildman–Crippen LogP) is 2.40. The highest BCUT2D eigenvalue weighted by Gasteiger charge is 2.32. The van der Waals surface area contributed by atoms with E-state index in [2.05, 4.69) is 10.4 Å². The maximum Gasteiger partial charge on any atom is 0.325 e. The third-order valence-electron chi connectivity index (χ3n) is 3.92. The van der Waals surface area contributed by atoms with Gasteiger partial charge in [-0.2, -0.15) is 5.10 Å². The van der Waals surface area contributed by atoms with E-state index in [0.717, 1.165) is 16.8 Å². The molecule has 0 spiro atoms. The zero-order valence-corrected chi connectivity index (χ0v) is 12.9. The van der Waals surface area contributed by atoms with Gasteiger partial charge in [-0.15, -0.1) is 0 Å². The van der Waals surface area contributed by atoms with Crippen molar-refractivity contribution in [1.82, 2.24) is 9.78 Å². The summed E-state index contributed by atoms with van der Waals surface area (Å²) in [6.45, 7) is 3.47. The number of amides is 1. The predicted molar refractivity (Wildman–Crippen MR) is 82.9 cm³/mol. The molecule has 120 valence electrons. The number of carbonyl (C=O) groups excluding carboxylic acids is 1. The van der Waals surface area contributed by atoms with Gasteiger partial charge >= 0.3 is 5.97 Å². The van der Waals surface area contributed by atoms with Gasteiger partial charge in [0, 0.05) is 17.9 Å². The van der Waals surface area contributed by atoms with E-state index in [4.69, 9.17) is 9.52 Å². The Morgan fingerprint density at radius 2 is 2.39 bits per heavy atom. The number of allylic oxidation sites excluding steroid dienone is 1. The number of aryl methyl sites for hydroxylation is 1. The number of rotatable bonds is 4. The molecule has 0 saturated carbocycles. The first-order chi connectivity index (χ1) is 11.0. The van der Waals surface area contributed by atoms with Gasteiger partial charge < -0.3 is 14.8 Å². The van der Waals surface area contributed by atoms with Gasteiger partial charge in [0.15, 0.2) is 0 Å². The number of carboxylic acid groups (broad SMARTS) is 1. The van der Waals surface area contributed by atoms with Crippen LogP contribution in [0.4, 0.5) is 5.82 Å². The number of hydrogen-bond acceptors (Lipinski definition) is 4. The third-order valence-corrected chi connectivity index (χ3v) is 3.92. The summed E-state index contributed by atoms with van der Waals surface area (Å²) in [5.41, 5.74) is 2.55. The summed E-state index contributed by atoms with van der Waals surface area (Å²) < 4.78 is 6.65. The Labute approximate surface area is 132 Å². The maximum absolute atomic E-state index is 12.0. The van der Waals surface area contributed by atoms with Crippen LogP contribution in [0.25, 0.3) is 6.08 Å². The van der Waals surface area contributed by atoms with Gasteiger partial charge in [-0.05, 0) is 32.1 Å². The quantitative estimate of drug-likeness (QED) is 0.903. The maximum atomic E-state index is 12.0. The van der Waals surface area contributed by atoms with Crippen molar-refractivity contribution < 1.29 is 19.1 Å². The number of anilines is 1. The average Bonchev–Trinajstić information content (AvgIpc) is 3.07. The van der Waals surface area contributed by atoms with E-state index in [1.807, 2.05) is 26.0 Å². The Morgan fingerprint density at radius 3 is 3.04 bits per heavy atom. The van der Waals surface area contributed by atoms with Crippen molar-refractivity contribution in [3.63, 3.8) is 0 Å². The molecule has 1 aliphatic heterocycles. The van der Waals surface area contributed by atoms with Crippen LogP contribution in [0.3, 0.4) is 0 Å². The Morgan fingerprint density at radius 1 is 1.61 bits per heavy atom. The molecule has 0 saturated heterocycles. The number of fused-ring (bicyclic) bond motifs is 1. The molecule has 0 aromatic carbocycles. The van der Waals surface area contributed by atoms with Crippen molar-refractivity contribution in [1.29, 1.82) is 0 Å². The molecule has 1 atom stereocenters. The van der Waals surface area contributed by atoms with E-state index in [-0.39, 0.29) is 18.4 Å². The first kappa shape index (κ1) is 15.1. The van der Waals surface area contributed by atoms with Crippen molar-refractivity contribution in [2.75, 3.05) is 5.32 Å². The molecule has 0 bridgehead atoms. The van der Waals surface area contributed by atoms with Crippen molar-refractivity contribution in [2.24, 2.45) is 0 Å². The minimum Gasteiger partial charge on any atom is -0.480 e. The molecule has 2 aromatic heterocycles. The van der Waals surface area contributed by atoms with Gasteiger partial charge in [0.05, 0.1) is 12.0 Å². The van der Waals surface area contributed by atoms with Crippen molar-refractivity contribution in [2.45, 2.75) is 32.7 Å². The van der Waals surface area contributed by atoms with Crippen LogP contribution in [-0.2, 0) is 16.1 Å². The molecule has 1 amide bonds. The van der Waals surface area contributed by atoms with Crippen molar-refractivity contribution >= 4 is 23.8 Å². The number of furan rings is 1. The van der Waals surface area contributed by atoms with Gasteiger partial charge in [0.2, 0.25) is 5.91 Å². The second-order valence-electron chi connectivity index (χ2n) is 5.61. The van der Waals surface area contributed by atoms with Crippen LogP contribution in [0.5, 0.6) is 0 Å². The first-order valence-corrected chi connectivity index (χ1v) is 7.26. The second-order valence-corrected chi connectivity index (χ2v) is 5.61. The van der Waals surface area contributed by atoms with E-state index in [9.17, 15) is 9.59 Å². The molecule has 0 radical (unpaired) electrons. The smallest absolute Gasteiger partial charge is 0.325 e. The topological polar surface area (TPSA) is 97.4 Å². The van der Waals surface area contributed by atoms with E-state index >= 15 is 0 Å². The molecule has 23 heavy (non-hydrogen) atoms. The summed E-state index contributed by atoms with van der Waals surface area (Å²) in [6, 6.07) is 3.64. The van der Waals surface area contributed by atoms with Gasteiger partial charge in [0.25, 0.3) is 0 Å². The summed E-state index contributed by atoms with van der Waals surface area (Å²) in [5, 5.41) is 16.0. The molecule has 1 aliphatic rings. The monoisotopic (exact) mass is 315 g/mol. The molecular weight excluding hydrogens is 298 g/mol. The summed E-state index contributed by atoms with van der Waals surface area (Å²) in [4.78, 5) is 23.0. The molecule has 0 unspecified atom stereocenters. The van der Waals surface area contributed by atoms with Gasteiger partial charge in [0.1, 0.15) is 18.1 Å². The zero-order valence-electron chi connectivity index (χ0n) is 12.9. The lowest BCUT2D eigenvalue weighted by Gasteiger charge is -2.24. The van der Waals surface area contributed by atoms with Gasteiger partial charge in [-0.3, -0.25) is 9.59 Å². The Hall–Kier alpha value is -2.83. The average molecular weight is 315 g/mol. The number of nitrogens with one attached hydrogen (secondary N) is 1. The third kappa shape index (κ3) is 2.90. The highest BCUT2D eigenvalue weighted by molar-refractivity contribution is 5.95. The normalized spacial score (nSPS) is 17.7. The van der Waals surface area contributed by atoms with Gasteiger partial charge in [-0.25, -0.2) is 4.68 Å². The summed E-state index contributed by atoms with van der Waals surface area (Å²) >= 11 is 0. The number of aromatic nitrogens is 2. The Bertz CT molecular complexity index is 787. The summed E-state index contributed by atoms with van der Waals surface area (Å²) in [5.74, 6) is -0.119. The van der Waals surface area contributed by atoms with Crippen LogP contribution >= 0.6 is 0 Å². The van der Waals surface area contributed by atoms with E-state index in [1.165, 1.54) is 4.68 Å². The zero-order chi connectivity index (χ0) is 16.6. The highest BCUT2D eigenvalue weighted by Crippen LogP contribution is 2.39. The Balaban J connectivity index is 2.03. The van der Waals surface area contributed by atoms with Crippen LogP contribution in [0.2, 0.25) is 0 Å². The fourth-order valence-electron chi connectivity index (χ4n) is 2.94. The molecule has 2 aromatic rings. The van der Waals surface area contributed by atoms with Crippen LogP contribution in [0.15, 0.2) is 28.4 Å². The van der Waals surface area contributed by atoms with E-state index in [1.54, 1.807) is 12.3 Å². The molecule has 2 N–H and O–H groups in total. The van der Waals surface area contributed by atoms with E-state index in [0.29, 0.717) is 18.0 Å². The highest BCUT2D eigenvalue weighted by atomic mass is 16.4. The molecule has 3 rings (SSSR count). The second kappa shape index (κ2) is 5.75. The lowest BCUT2D eigenvalue weighted by molar-refractivity contribution is -0.137. The largest absolute Gasteiger partial charge is 0.480 e. The Kier molecular flexibility index (Phi) is 3.77. The lowest BCUT2D eigenvalue weighted by atomic mass is 9.86. The fourth-order valence-corrected chi connectivity index (χ4v) is 2.94. The number of hydrogen-bond donors (Lipinski definition) is 2. The van der Waals surface area contributed by atoms with Crippen LogP contribution in [0.1, 0.15) is 36.3 Å². The summed E-state index contributed by atoms with van der Waals surface area (Å²) in [6.07, 6.45) is 3.78.